The zero-order valence-electron chi connectivity index (χ0n) is 45.7. The summed E-state index contributed by atoms with van der Waals surface area (Å²) in [6.45, 7) is 35.8. The van der Waals surface area contributed by atoms with Gasteiger partial charge in [0.1, 0.15) is 0 Å². The van der Waals surface area contributed by atoms with Crippen LogP contribution in [0.15, 0.2) is 97.1 Å². The van der Waals surface area contributed by atoms with Crippen LogP contribution in [0.3, 0.4) is 0 Å². The predicted molar refractivity (Wildman–Crippen MR) is 302 cm³/mol. The topological polar surface area (TPSA) is 0 Å². The summed E-state index contributed by atoms with van der Waals surface area (Å²) in [5.74, 6) is 0. The van der Waals surface area contributed by atoms with Crippen molar-refractivity contribution in [2.45, 2.75) is 161 Å². The van der Waals surface area contributed by atoms with Crippen molar-refractivity contribution >= 4 is 78.9 Å². The first kappa shape index (κ1) is 80.0. The van der Waals surface area contributed by atoms with Gasteiger partial charge in [-0.25, -0.2) is 0 Å². The van der Waals surface area contributed by atoms with E-state index in [0.29, 0.717) is 0 Å². The largest absolute Gasteiger partial charge is 4.00 e. The number of halogens is 6. The van der Waals surface area contributed by atoms with Crippen LogP contribution >= 0.6 is 24.8 Å². The van der Waals surface area contributed by atoms with Crippen LogP contribution in [0.5, 0.6) is 0 Å². The quantitative estimate of drug-likeness (QED) is 0.122. The third-order valence-corrected chi connectivity index (χ3v) is 11.8. The number of fused-ring (bicyclic) bond motifs is 4. The molecule has 0 spiro atoms. The molecule has 0 bridgehead atoms. The van der Waals surface area contributed by atoms with Crippen molar-refractivity contribution in [2.24, 2.45) is 0 Å². The summed E-state index contributed by atoms with van der Waals surface area (Å²) in [6, 6.07) is 36.9. The molecule has 0 atom stereocenters. The first-order valence-corrected chi connectivity index (χ1v) is 40.0. The number of hydrogen-bond donors (Lipinski definition) is 0. The van der Waals surface area contributed by atoms with Crippen LogP contribution < -0.4 is 49.6 Å². The van der Waals surface area contributed by atoms with Gasteiger partial charge in [0, 0.05) is 0 Å². The van der Waals surface area contributed by atoms with Gasteiger partial charge < -0.3 is 49.6 Å². The molecule has 0 heterocycles. The van der Waals surface area contributed by atoms with Crippen LogP contribution in [-0.2, 0) is 123 Å². The molecule has 8 aromatic carbocycles. The van der Waals surface area contributed by atoms with Gasteiger partial charge >= 0.3 is 109 Å². The van der Waals surface area contributed by atoms with Gasteiger partial charge in [-0.05, 0) is 38.5 Å². The third-order valence-electron chi connectivity index (χ3n) is 11.8. The van der Waals surface area contributed by atoms with E-state index in [9.17, 15) is 0 Å². The van der Waals surface area contributed by atoms with Crippen molar-refractivity contribution < 1.29 is 121 Å². The Kier molecular flexibility index (Phi) is 46.4. The van der Waals surface area contributed by atoms with Gasteiger partial charge in [0.25, 0.3) is 0 Å². The molecule has 0 saturated carbocycles. The van der Waals surface area contributed by atoms with Gasteiger partial charge in [0.15, 0.2) is 0 Å². The molecule has 0 radical (unpaired) electrons. The minimum atomic E-state index is 0. The van der Waals surface area contributed by atoms with E-state index < -0.39 is 0 Å². The molecule has 8 aromatic rings. The average molecular weight is 1610 g/mol. The number of aryl methyl sites for hydroxylation is 12. The molecule has 0 nitrogen and oxygen atoms in total. The molecule has 71 heavy (non-hydrogen) atoms. The summed E-state index contributed by atoms with van der Waals surface area (Å²) in [4.78, 5) is 0. The molecule has 0 aliphatic carbocycles. The molecule has 0 fully saturated rings. The summed E-state index contributed by atoms with van der Waals surface area (Å²) in [7, 11) is 0. The molecule has 0 unspecified atom stereocenters. The normalized spacial score (nSPS) is 9.52. The van der Waals surface area contributed by atoms with E-state index in [1.165, 1.54) is 156 Å². The second kappa shape index (κ2) is 41.2. The smallest absolute Gasteiger partial charge is 1.00 e. The fourth-order valence-corrected chi connectivity index (χ4v) is 8.59. The Labute approximate surface area is 518 Å². The SMILES string of the molecule is CCc1cc(CC)c2cc(C)[cH-]c2c1.CCc1cc(CC)c2cc(C)[cH-]c2c1.CCc1ccc(CC)c2[cH-]c(C)cc12.CCc1ccc(CC)c2[cH-]c(C)cc12.C[Si](C)=[Hf+2].C[Si](C)=[Hf+2].Cl.Cl.[Cl-].[Cl-].[Cl-].[Cl-].[Hf+4]. The van der Waals surface area contributed by atoms with Crippen molar-refractivity contribution in [3.8, 4) is 0 Å². The zero-order chi connectivity index (χ0) is 47.7. The van der Waals surface area contributed by atoms with Crippen molar-refractivity contribution in [2.75, 3.05) is 0 Å². The van der Waals surface area contributed by atoms with E-state index >= 15 is 0 Å². The minimum Gasteiger partial charge on any atom is -1.00 e. The summed E-state index contributed by atoms with van der Waals surface area (Å²) >= 11 is 2.90. The predicted octanol–water partition coefficient (Wildman–Crippen LogP) is 6.39. The van der Waals surface area contributed by atoms with Crippen LogP contribution in [0.25, 0.3) is 43.1 Å². The molecular weight excluding hydrogens is 1530 g/mol. The molecule has 0 aliphatic rings. The Balaban J connectivity index is -0.000000251. The van der Waals surface area contributed by atoms with E-state index in [1.807, 2.05) is 0 Å². The van der Waals surface area contributed by atoms with Crippen LogP contribution in [0.1, 0.15) is 122 Å². The van der Waals surface area contributed by atoms with Crippen molar-refractivity contribution in [1.29, 1.82) is 0 Å². The van der Waals surface area contributed by atoms with Crippen molar-refractivity contribution in [3.05, 3.63) is 164 Å². The Hall–Kier alpha value is 0.104. The van der Waals surface area contributed by atoms with Gasteiger partial charge in [-0.3, -0.25) is 0 Å². The second-order valence-electron chi connectivity index (χ2n) is 17.9. The van der Waals surface area contributed by atoms with E-state index in [-0.39, 0.29) is 111 Å². The average Bonchev–Trinajstić information content (AvgIpc) is 4.05. The molecule has 0 aromatic heterocycles. The maximum absolute atomic E-state index is 2.35. The molecule has 11 heteroatoms. The molecule has 0 N–H and O–H groups in total. The summed E-state index contributed by atoms with van der Waals surface area (Å²) in [6.07, 6.45) is 9.05. The van der Waals surface area contributed by atoms with Crippen LogP contribution in [0.4, 0.5) is 0 Å². The van der Waals surface area contributed by atoms with Crippen LogP contribution in [0, 0.1) is 27.7 Å². The van der Waals surface area contributed by atoms with Crippen molar-refractivity contribution in [3.63, 3.8) is 0 Å². The van der Waals surface area contributed by atoms with Crippen LogP contribution in [-0.4, -0.2) is 11.0 Å². The van der Waals surface area contributed by atoms with E-state index in [1.54, 1.807) is 0 Å². The number of benzene rings is 4. The van der Waals surface area contributed by atoms with Gasteiger partial charge in [0.05, 0.1) is 0 Å². The summed E-state index contributed by atoms with van der Waals surface area (Å²) in [5.41, 5.74) is 17.9. The maximum Gasteiger partial charge on any atom is 4.00 e. The maximum atomic E-state index is 2.35. The molecular formula is C60H82Cl6Hf3Si2. The minimum absolute atomic E-state index is 0. The second-order valence-corrected chi connectivity index (χ2v) is 43.5. The standard InChI is InChI=1S/4C14H17.2C2H6Si.6ClH.3Hf/c2*1-4-11-8-12(5-2)14-7-10(3)6-13(14)9-11;2*1-4-11-6-7-12(5-2)14-9-10(3)8-13(11)14;2*1-3-2;;;;;;;;;/h4*6-9H,4-5H2,1-3H3;2*1-2H3;6*1H;;;/q4*-1;;;;;;;;;2*+2;+4/p-4. The van der Waals surface area contributed by atoms with Gasteiger partial charge in [-0.1, -0.05) is 154 Å². The monoisotopic (exact) mass is 1610 g/mol. The fourth-order valence-electron chi connectivity index (χ4n) is 8.59. The van der Waals surface area contributed by atoms with Gasteiger partial charge in [-0.15, -0.1) is 150 Å². The van der Waals surface area contributed by atoms with E-state index in [0.717, 1.165) is 51.4 Å². The molecule has 0 saturated heterocycles. The first-order valence-electron chi connectivity index (χ1n) is 24.2. The Morgan fingerprint density at radius 3 is 0.845 bits per heavy atom. The fraction of sp³-hybridized carbons (Fsp3) is 0.400. The zero-order valence-corrected chi connectivity index (χ0v) is 63.2. The Morgan fingerprint density at radius 1 is 0.352 bits per heavy atom. The third kappa shape index (κ3) is 25.0. The van der Waals surface area contributed by atoms with Crippen molar-refractivity contribution in [1.82, 2.24) is 0 Å². The van der Waals surface area contributed by atoms with E-state index in [4.69, 9.17) is 0 Å². The Bertz CT molecular complexity index is 2480. The van der Waals surface area contributed by atoms with Crippen LogP contribution in [0.2, 0.25) is 26.2 Å². The molecule has 384 valence electrons. The van der Waals surface area contributed by atoms with E-state index in [2.05, 4.69) is 206 Å². The Morgan fingerprint density at radius 2 is 0.592 bits per heavy atom. The molecule has 8 rings (SSSR count). The summed E-state index contributed by atoms with van der Waals surface area (Å²) < 4.78 is 0. The number of hydrogen-bond acceptors (Lipinski definition) is 0. The van der Waals surface area contributed by atoms with Gasteiger partial charge in [-0.2, -0.15) is 24.3 Å². The first-order chi connectivity index (χ1) is 30.5. The summed E-state index contributed by atoms with van der Waals surface area (Å²) in [5, 5.41) is 11.6. The molecule has 0 aliphatic heterocycles. The van der Waals surface area contributed by atoms with Gasteiger partial charge in [0.2, 0.25) is 0 Å². The molecule has 0 amide bonds. The number of rotatable bonds is 8.